The van der Waals surface area contributed by atoms with Crippen LogP contribution in [0.15, 0.2) is 16.2 Å². The van der Waals surface area contributed by atoms with Crippen molar-refractivity contribution in [3.63, 3.8) is 0 Å². The summed E-state index contributed by atoms with van der Waals surface area (Å²) in [6, 6.07) is -0.545. The van der Waals surface area contributed by atoms with Gasteiger partial charge in [0.1, 0.15) is 10.1 Å². The summed E-state index contributed by atoms with van der Waals surface area (Å²) in [5.74, 6) is 1.70. The number of nitrogens with one attached hydrogen (secondary N) is 4. The van der Waals surface area contributed by atoms with Gasteiger partial charge >= 0.3 is 12.1 Å². The summed E-state index contributed by atoms with van der Waals surface area (Å²) >= 11 is 4.80. The van der Waals surface area contributed by atoms with Crippen LogP contribution in [0.25, 0.3) is 0 Å². The van der Waals surface area contributed by atoms with Crippen LogP contribution in [0.5, 0.6) is 0 Å². The standard InChI is InChI=1S/C28H52N8O4S4/c1-6-11-16-34(41-18-13-8-3)27(39)29-21-25(37)43-23-20-24(33-36(32-23)31-15-10-5)44-26(38)22-30-28(40)35(17-12-7-2)42-19-14-9-4/h20,31-32H,6-19,21-22H2,1-5H3,(H,29,39)(H,30,40). The molecule has 0 bridgehead atoms. The van der Waals surface area contributed by atoms with Crippen molar-refractivity contribution in [3.8, 4) is 0 Å². The Labute approximate surface area is 281 Å². The van der Waals surface area contributed by atoms with Gasteiger partial charge in [0.2, 0.25) is 10.2 Å². The zero-order chi connectivity index (χ0) is 32.6. The summed E-state index contributed by atoms with van der Waals surface area (Å²) in [6.07, 6.45) is 10.3. The molecule has 44 heavy (non-hydrogen) atoms. The number of rotatable bonds is 22. The molecule has 0 fully saturated rings. The van der Waals surface area contributed by atoms with Crippen molar-refractivity contribution in [2.24, 2.45) is 5.10 Å². The minimum absolute atomic E-state index is 0.142. The summed E-state index contributed by atoms with van der Waals surface area (Å²) in [5.41, 5.74) is 6.09. The molecule has 12 nitrogen and oxygen atoms in total. The van der Waals surface area contributed by atoms with Crippen molar-refractivity contribution in [1.82, 2.24) is 35.3 Å². The summed E-state index contributed by atoms with van der Waals surface area (Å²) in [5, 5.41) is 11.5. The Kier molecular flexibility index (Phi) is 23.3. The minimum Gasteiger partial charge on any atom is -0.329 e. The first kappa shape index (κ1) is 40.3. The van der Waals surface area contributed by atoms with Gasteiger partial charge in [0, 0.05) is 37.2 Å². The lowest BCUT2D eigenvalue weighted by Crippen LogP contribution is -2.46. The molecule has 0 spiro atoms. The van der Waals surface area contributed by atoms with Crippen LogP contribution in [-0.2, 0) is 9.59 Å². The van der Waals surface area contributed by atoms with Crippen LogP contribution < -0.4 is 21.5 Å². The molecule has 0 atom stereocenters. The number of unbranched alkanes of at least 4 members (excludes halogenated alkanes) is 4. The molecule has 1 heterocycles. The minimum atomic E-state index is -0.282. The predicted octanol–water partition coefficient (Wildman–Crippen LogP) is 5.92. The largest absolute Gasteiger partial charge is 0.329 e. The first-order chi connectivity index (χ1) is 21.3. The van der Waals surface area contributed by atoms with E-state index in [-0.39, 0.29) is 35.4 Å². The van der Waals surface area contributed by atoms with Crippen LogP contribution in [0.2, 0.25) is 0 Å². The van der Waals surface area contributed by atoms with Gasteiger partial charge in [-0.1, -0.05) is 60.3 Å². The Bertz CT molecular complexity index is 941. The molecular weight excluding hydrogens is 641 g/mol. The fourth-order valence-electron chi connectivity index (χ4n) is 3.27. The average Bonchev–Trinajstić information content (AvgIpc) is 3.01. The Balaban J connectivity index is 2.75. The highest BCUT2D eigenvalue weighted by Crippen LogP contribution is 2.22. The quantitative estimate of drug-likeness (QED) is 0.0795. The Morgan fingerprint density at radius 3 is 1.73 bits per heavy atom. The Morgan fingerprint density at radius 1 is 0.750 bits per heavy atom. The number of carbonyl (C=O) groups is 4. The van der Waals surface area contributed by atoms with Crippen molar-refractivity contribution < 1.29 is 19.2 Å². The molecule has 0 saturated carbocycles. The van der Waals surface area contributed by atoms with Crippen LogP contribution in [0, 0.1) is 0 Å². The van der Waals surface area contributed by atoms with Crippen LogP contribution >= 0.6 is 47.4 Å². The third-order valence-corrected chi connectivity index (χ3v) is 9.61. The number of carbonyl (C=O) groups excluding carboxylic acids is 4. The van der Waals surface area contributed by atoms with Crippen molar-refractivity contribution >= 4 is 74.8 Å². The molecule has 0 aromatic carbocycles. The molecule has 0 aromatic heterocycles. The van der Waals surface area contributed by atoms with Crippen LogP contribution in [0.1, 0.15) is 92.4 Å². The SMILES string of the molecule is CCCCSN(CCCC)C(=O)NCC(=O)SC1=CC(SC(=O)CNC(=O)N(CCCC)SCCCC)=NN(NCCC)N1. The second kappa shape index (κ2) is 25.4. The average molecular weight is 693 g/mol. The van der Waals surface area contributed by atoms with E-state index in [4.69, 9.17) is 0 Å². The van der Waals surface area contributed by atoms with E-state index >= 15 is 0 Å². The van der Waals surface area contributed by atoms with E-state index in [1.165, 1.54) is 29.1 Å². The van der Waals surface area contributed by atoms with Gasteiger partial charge in [-0.25, -0.2) is 9.59 Å². The molecule has 0 unspecified atom stereocenters. The molecule has 252 valence electrons. The summed E-state index contributed by atoms with van der Waals surface area (Å²) < 4.78 is 3.39. The molecule has 1 aliphatic rings. The smallest absolute Gasteiger partial charge is 0.327 e. The second-order valence-electron chi connectivity index (χ2n) is 9.83. The van der Waals surface area contributed by atoms with Crippen LogP contribution in [0.4, 0.5) is 9.59 Å². The van der Waals surface area contributed by atoms with Gasteiger partial charge < -0.3 is 10.6 Å². The number of urea groups is 2. The normalized spacial score (nSPS) is 12.6. The number of hydrazine groups is 2. The monoisotopic (exact) mass is 692 g/mol. The first-order valence-electron chi connectivity index (χ1n) is 15.7. The first-order valence-corrected chi connectivity index (χ1v) is 19.2. The topological polar surface area (TPSA) is 138 Å². The van der Waals surface area contributed by atoms with E-state index in [1.54, 1.807) is 14.7 Å². The number of hydrogen-bond donors (Lipinski definition) is 4. The Hall–Kier alpha value is -1.75. The molecule has 0 aliphatic carbocycles. The van der Waals surface area contributed by atoms with E-state index in [9.17, 15) is 19.2 Å². The molecule has 0 saturated heterocycles. The highest BCUT2D eigenvalue weighted by molar-refractivity contribution is 8.26. The lowest BCUT2D eigenvalue weighted by molar-refractivity contribution is -0.110. The van der Waals surface area contributed by atoms with Crippen molar-refractivity contribution in [2.45, 2.75) is 92.4 Å². The van der Waals surface area contributed by atoms with E-state index < -0.39 is 0 Å². The molecule has 1 aliphatic heterocycles. The number of nitrogens with zero attached hydrogens (tertiary/aromatic N) is 4. The Morgan fingerprint density at radius 2 is 1.25 bits per heavy atom. The maximum atomic E-state index is 12.8. The fourth-order valence-corrected chi connectivity index (χ4v) is 6.87. The van der Waals surface area contributed by atoms with Gasteiger partial charge in [0.05, 0.1) is 13.1 Å². The van der Waals surface area contributed by atoms with E-state index in [1.807, 2.05) is 6.92 Å². The molecule has 16 heteroatoms. The molecule has 4 amide bonds. The zero-order valence-corrected chi connectivity index (χ0v) is 30.2. The van der Waals surface area contributed by atoms with Gasteiger partial charge in [-0.3, -0.25) is 23.6 Å². The summed E-state index contributed by atoms with van der Waals surface area (Å²) in [7, 11) is 0. The van der Waals surface area contributed by atoms with Gasteiger partial charge in [-0.2, -0.15) is 5.43 Å². The maximum Gasteiger partial charge on any atom is 0.327 e. The zero-order valence-electron chi connectivity index (χ0n) is 26.9. The fraction of sp³-hybridized carbons (Fsp3) is 0.750. The molecule has 0 aromatic rings. The summed E-state index contributed by atoms with van der Waals surface area (Å²) in [4.78, 5) is 51.1. The third kappa shape index (κ3) is 18.3. The van der Waals surface area contributed by atoms with Crippen molar-refractivity contribution in [1.29, 1.82) is 0 Å². The molecule has 4 N–H and O–H groups in total. The second-order valence-corrected chi connectivity index (χ2v) is 14.2. The predicted molar refractivity (Wildman–Crippen MR) is 189 cm³/mol. The van der Waals surface area contributed by atoms with Gasteiger partial charge in [-0.05, 0) is 79.5 Å². The highest BCUT2D eigenvalue weighted by atomic mass is 32.2. The van der Waals surface area contributed by atoms with E-state index in [0.717, 1.165) is 92.8 Å². The molecule has 1 rings (SSSR count). The highest BCUT2D eigenvalue weighted by Gasteiger charge is 2.21. The lowest BCUT2D eigenvalue weighted by Gasteiger charge is -2.26. The summed E-state index contributed by atoms with van der Waals surface area (Å²) in [6.45, 7) is 12.0. The number of hydrazone groups is 1. The van der Waals surface area contributed by atoms with Crippen LogP contribution in [0.3, 0.4) is 0 Å². The van der Waals surface area contributed by atoms with Gasteiger partial charge in [-0.15, -0.1) is 10.3 Å². The van der Waals surface area contributed by atoms with Gasteiger partial charge in [0.25, 0.3) is 0 Å². The number of amides is 4. The van der Waals surface area contributed by atoms with E-state index in [0.29, 0.717) is 29.7 Å². The number of thioether (sulfide) groups is 2. The van der Waals surface area contributed by atoms with Crippen molar-refractivity contribution in [3.05, 3.63) is 11.1 Å². The molecular formula is C28H52N8O4S4. The van der Waals surface area contributed by atoms with Gasteiger partial charge in [0.15, 0.2) is 0 Å². The molecule has 0 radical (unpaired) electrons. The van der Waals surface area contributed by atoms with Crippen molar-refractivity contribution in [2.75, 3.05) is 44.2 Å². The van der Waals surface area contributed by atoms with E-state index in [2.05, 4.69) is 54.3 Å². The maximum absolute atomic E-state index is 12.8. The van der Waals surface area contributed by atoms with Crippen LogP contribution in [-0.4, -0.2) is 85.4 Å². The lowest BCUT2D eigenvalue weighted by atomic mass is 10.3. The third-order valence-electron chi connectivity index (χ3n) is 5.76. The number of hydrogen-bond acceptors (Lipinski definition) is 12.